The van der Waals surface area contributed by atoms with Crippen LogP contribution in [0.4, 0.5) is 4.39 Å². The van der Waals surface area contributed by atoms with Crippen molar-refractivity contribution in [2.24, 2.45) is 29.6 Å². The molecule has 2 N–H and O–H groups in total. The van der Waals surface area contributed by atoms with Gasteiger partial charge in [0.25, 0.3) is 0 Å². The molecule has 0 amide bonds. The van der Waals surface area contributed by atoms with E-state index in [1.165, 1.54) is 19.3 Å². The monoisotopic (exact) mass is 362 g/mol. The van der Waals surface area contributed by atoms with E-state index in [-0.39, 0.29) is 11.8 Å². The number of halogens is 2. The second-order valence-electron chi connectivity index (χ2n) is 8.31. The van der Waals surface area contributed by atoms with Gasteiger partial charge < -0.3 is 10.2 Å². The van der Waals surface area contributed by atoms with Crippen LogP contribution < -0.4 is 0 Å². The van der Waals surface area contributed by atoms with Crippen LogP contribution in [0.1, 0.15) is 65.2 Å². The Hall–Kier alpha value is -0.350. The van der Waals surface area contributed by atoms with Crippen molar-refractivity contribution in [2.45, 2.75) is 82.9 Å². The summed E-state index contributed by atoms with van der Waals surface area (Å²) < 4.78 is 13.6. The zero-order chi connectivity index (χ0) is 17.9. The van der Waals surface area contributed by atoms with Crippen LogP contribution in [0, 0.1) is 29.6 Å². The number of alkyl halides is 2. The fraction of sp³-hybridized carbons (Fsp3) is 0.947. The van der Waals surface area contributed by atoms with Crippen molar-refractivity contribution in [1.29, 1.82) is 0 Å². The number of fused-ring (bicyclic) bond motifs is 1. The zero-order valence-electron chi connectivity index (χ0n) is 14.8. The van der Waals surface area contributed by atoms with Crippen LogP contribution in [0.5, 0.6) is 0 Å². The number of carbonyl (C=O) groups is 1. The van der Waals surface area contributed by atoms with E-state index in [0.717, 1.165) is 12.8 Å². The molecule has 3 unspecified atom stereocenters. The summed E-state index contributed by atoms with van der Waals surface area (Å²) in [6.45, 7) is 4.56. The topological polar surface area (TPSA) is 57.5 Å². The van der Waals surface area contributed by atoms with Gasteiger partial charge in [0.05, 0.1) is 12.5 Å². The molecule has 24 heavy (non-hydrogen) atoms. The molecule has 2 fully saturated rings. The summed E-state index contributed by atoms with van der Waals surface area (Å²) in [4.78, 5) is 10.5. The highest BCUT2D eigenvalue weighted by Crippen LogP contribution is 2.51. The van der Waals surface area contributed by atoms with Gasteiger partial charge in [0.2, 0.25) is 0 Å². The van der Waals surface area contributed by atoms with Crippen LogP contribution in [0.15, 0.2) is 0 Å². The third kappa shape index (κ3) is 5.32. The normalized spacial score (nSPS) is 39.0. The summed E-state index contributed by atoms with van der Waals surface area (Å²) in [5.74, 6) is 1.82. The molecule has 2 rings (SSSR count). The molecule has 0 spiro atoms. The Bertz CT molecular complexity index is 419. The maximum Gasteiger partial charge on any atom is 0.306 e. The Morgan fingerprint density at radius 2 is 2.00 bits per heavy atom. The van der Waals surface area contributed by atoms with Crippen LogP contribution in [0.3, 0.4) is 0 Å². The zero-order valence-corrected chi connectivity index (χ0v) is 15.6. The molecule has 0 aromatic rings. The predicted octanol–water partition coefficient (Wildman–Crippen LogP) is 4.65. The van der Waals surface area contributed by atoms with Crippen molar-refractivity contribution < 1.29 is 19.4 Å². The van der Waals surface area contributed by atoms with E-state index in [0.29, 0.717) is 36.0 Å². The standard InChI is InChI=1S/C19H32ClFO3/c1-11-7-13-4-3-12(2)16(19(13)17(20)8-11)6-5-15(22)9-14(21)10-18(23)24/h11-17,19,22H,3-10H2,1-2H3,(H,23,24)/t11-,12-,13?,14-,15+,16-,17?,19?/m0/s1. The minimum Gasteiger partial charge on any atom is -0.481 e. The number of aliphatic hydroxyl groups is 1. The number of carboxylic acids is 1. The smallest absolute Gasteiger partial charge is 0.306 e. The molecule has 0 bridgehead atoms. The quantitative estimate of drug-likeness (QED) is 0.648. The molecule has 0 aliphatic heterocycles. The SMILES string of the molecule is C[C@@H]1CC(Cl)C2C(CC[C@H](C)[C@@H]2CC[C@@H](O)C[C@H](F)CC(=O)O)C1. The molecule has 0 saturated heterocycles. The van der Waals surface area contributed by atoms with Gasteiger partial charge in [0, 0.05) is 11.8 Å². The van der Waals surface area contributed by atoms with Gasteiger partial charge in [0.1, 0.15) is 6.17 Å². The molecule has 2 saturated carbocycles. The molecule has 0 aromatic carbocycles. The first-order valence-corrected chi connectivity index (χ1v) is 9.89. The lowest BCUT2D eigenvalue weighted by Crippen LogP contribution is -2.43. The average molecular weight is 363 g/mol. The second kappa shape index (κ2) is 8.84. The first-order valence-electron chi connectivity index (χ1n) is 9.45. The van der Waals surface area contributed by atoms with Crippen molar-refractivity contribution in [3.05, 3.63) is 0 Å². The van der Waals surface area contributed by atoms with E-state index in [1.807, 2.05) is 0 Å². The van der Waals surface area contributed by atoms with Gasteiger partial charge in [-0.3, -0.25) is 4.79 Å². The van der Waals surface area contributed by atoms with Crippen molar-refractivity contribution in [3.63, 3.8) is 0 Å². The highest BCUT2D eigenvalue weighted by molar-refractivity contribution is 6.20. The number of hydrogen-bond donors (Lipinski definition) is 2. The van der Waals surface area contributed by atoms with E-state index >= 15 is 0 Å². The summed E-state index contributed by atoms with van der Waals surface area (Å²) >= 11 is 6.71. The van der Waals surface area contributed by atoms with Crippen molar-refractivity contribution >= 4 is 17.6 Å². The van der Waals surface area contributed by atoms with Gasteiger partial charge >= 0.3 is 5.97 Å². The van der Waals surface area contributed by atoms with E-state index in [2.05, 4.69) is 13.8 Å². The fourth-order valence-electron chi connectivity index (χ4n) is 5.15. The molecule has 140 valence electrons. The maximum absolute atomic E-state index is 13.6. The Morgan fingerprint density at radius 1 is 1.29 bits per heavy atom. The number of aliphatic carboxylic acids is 1. The number of rotatable bonds is 7. The Balaban J connectivity index is 1.88. The summed E-state index contributed by atoms with van der Waals surface area (Å²) in [5.41, 5.74) is 0. The second-order valence-corrected chi connectivity index (χ2v) is 8.87. The Morgan fingerprint density at radius 3 is 2.67 bits per heavy atom. The van der Waals surface area contributed by atoms with Crippen LogP contribution in [0.2, 0.25) is 0 Å². The van der Waals surface area contributed by atoms with Gasteiger partial charge in [-0.1, -0.05) is 20.3 Å². The van der Waals surface area contributed by atoms with Gasteiger partial charge in [-0.05, 0) is 61.7 Å². The van der Waals surface area contributed by atoms with E-state index in [1.54, 1.807) is 0 Å². The minimum absolute atomic E-state index is 0.0805. The predicted molar refractivity (Wildman–Crippen MR) is 93.9 cm³/mol. The molecular formula is C19H32ClFO3. The lowest BCUT2D eigenvalue weighted by molar-refractivity contribution is -0.138. The van der Waals surface area contributed by atoms with Crippen molar-refractivity contribution in [3.8, 4) is 0 Å². The highest BCUT2D eigenvalue weighted by atomic mass is 35.5. The molecule has 0 aromatic heterocycles. The molecule has 2 aliphatic rings. The first kappa shape index (κ1) is 20.0. The van der Waals surface area contributed by atoms with Crippen LogP contribution in [-0.4, -0.2) is 33.8 Å². The van der Waals surface area contributed by atoms with Crippen LogP contribution >= 0.6 is 11.6 Å². The number of hydrogen-bond acceptors (Lipinski definition) is 2. The van der Waals surface area contributed by atoms with E-state index in [4.69, 9.17) is 16.7 Å². The maximum atomic E-state index is 13.6. The lowest BCUT2D eigenvalue weighted by Gasteiger charge is -2.49. The first-order chi connectivity index (χ1) is 11.3. The molecule has 3 nitrogen and oxygen atoms in total. The fourth-order valence-corrected chi connectivity index (χ4v) is 5.85. The van der Waals surface area contributed by atoms with Gasteiger partial charge in [-0.25, -0.2) is 4.39 Å². The molecule has 0 radical (unpaired) electrons. The highest BCUT2D eigenvalue weighted by Gasteiger charge is 2.44. The van der Waals surface area contributed by atoms with Crippen LogP contribution in [0.25, 0.3) is 0 Å². The van der Waals surface area contributed by atoms with E-state index < -0.39 is 24.7 Å². The minimum atomic E-state index is -1.47. The summed E-state index contributed by atoms with van der Waals surface area (Å²) in [6, 6.07) is 0. The van der Waals surface area contributed by atoms with Crippen molar-refractivity contribution in [2.75, 3.05) is 0 Å². The molecule has 8 atom stereocenters. The molecule has 2 aliphatic carbocycles. The van der Waals surface area contributed by atoms with Gasteiger partial charge in [-0.15, -0.1) is 11.6 Å². The summed E-state index contributed by atoms with van der Waals surface area (Å²) in [6.07, 6.45) is 3.36. The summed E-state index contributed by atoms with van der Waals surface area (Å²) in [5, 5.41) is 18.9. The summed E-state index contributed by atoms with van der Waals surface area (Å²) in [7, 11) is 0. The third-order valence-electron chi connectivity index (χ3n) is 6.27. The van der Waals surface area contributed by atoms with Crippen LogP contribution in [-0.2, 0) is 4.79 Å². The molecule has 5 heteroatoms. The number of aliphatic hydroxyl groups excluding tert-OH is 1. The van der Waals surface area contributed by atoms with Crippen molar-refractivity contribution in [1.82, 2.24) is 0 Å². The largest absolute Gasteiger partial charge is 0.481 e. The Labute approximate surface area is 150 Å². The molecule has 0 heterocycles. The van der Waals surface area contributed by atoms with Gasteiger partial charge in [0.15, 0.2) is 0 Å². The van der Waals surface area contributed by atoms with Gasteiger partial charge in [-0.2, -0.15) is 0 Å². The molecular weight excluding hydrogens is 331 g/mol. The van der Waals surface area contributed by atoms with E-state index in [9.17, 15) is 14.3 Å². The Kier molecular flexibility index (Phi) is 7.36. The number of carboxylic acid groups (broad SMARTS) is 1. The average Bonchev–Trinajstić information content (AvgIpc) is 2.45. The lowest BCUT2D eigenvalue weighted by atomic mass is 9.59. The third-order valence-corrected chi connectivity index (χ3v) is 6.74.